The number of nitrogens with one attached hydrogen (secondary N) is 1. The standard InChI is InChI=1S/C13H20N6OS/c1-4-5-10-12(21-18-17-10)13(20)16-11(9(2)3)8-19-14-6-7-15-19/h6-7,9,11H,4-5,8H2,1-3H3,(H,16,20). The summed E-state index contributed by atoms with van der Waals surface area (Å²) in [6.45, 7) is 6.73. The second-order valence-electron chi connectivity index (χ2n) is 5.21. The van der Waals surface area contributed by atoms with Crippen molar-refractivity contribution in [1.82, 2.24) is 29.9 Å². The molecule has 1 unspecified atom stereocenters. The highest BCUT2D eigenvalue weighted by Gasteiger charge is 2.22. The van der Waals surface area contributed by atoms with Crippen LogP contribution in [0.2, 0.25) is 0 Å². The van der Waals surface area contributed by atoms with Crippen molar-refractivity contribution in [2.75, 3.05) is 0 Å². The molecule has 2 heterocycles. The van der Waals surface area contributed by atoms with Gasteiger partial charge < -0.3 is 5.32 Å². The van der Waals surface area contributed by atoms with Crippen molar-refractivity contribution in [2.45, 2.75) is 46.2 Å². The molecule has 1 amide bonds. The van der Waals surface area contributed by atoms with E-state index in [2.05, 4.69) is 45.9 Å². The highest BCUT2D eigenvalue weighted by atomic mass is 32.1. The zero-order chi connectivity index (χ0) is 15.2. The first kappa shape index (κ1) is 15.6. The number of hydrogen-bond acceptors (Lipinski definition) is 6. The normalized spacial score (nSPS) is 12.6. The lowest BCUT2D eigenvalue weighted by Gasteiger charge is -2.21. The van der Waals surface area contributed by atoms with Crippen molar-refractivity contribution >= 4 is 17.4 Å². The Kier molecular flexibility index (Phi) is 5.38. The minimum absolute atomic E-state index is 0.0403. The molecule has 0 aliphatic rings. The fourth-order valence-electron chi connectivity index (χ4n) is 1.95. The summed E-state index contributed by atoms with van der Waals surface area (Å²) in [4.78, 5) is 14.6. The summed E-state index contributed by atoms with van der Waals surface area (Å²) < 4.78 is 3.89. The summed E-state index contributed by atoms with van der Waals surface area (Å²) >= 11 is 1.15. The molecule has 0 aromatic carbocycles. The quantitative estimate of drug-likeness (QED) is 0.838. The van der Waals surface area contributed by atoms with Gasteiger partial charge in [0.1, 0.15) is 4.88 Å². The second-order valence-corrected chi connectivity index (χ2v) is 5.96. The number of carbonyl (C=O) groups is 1. The molecule has 8 heteroatoms. The minimum Gasteiger partial charge on any atom is -0.346 e. The summed E-state index contributed by atoms with van der Waals surface area (Å²) in [7, 11) is 0. The van der Waals surface area contributed by atoms with Gasteiger partial charge in [0.25, 0.3) is 5.91 Å². The van der Waals surface area contributed by atoms with E-state index in [1.165, 1.54) is 0 Å². The van der Waals surface area contributed by atoms with Crippen molar-refractivity contribution in [3.63, 3.8) is 0 Å². The number of carbonyl (C=O) groups excluding carboxylic acids is 1. The topological polar surface area (TPSA) is 85.6 Å². The molecule has 1 N–H and O–H groups in total. The smallest absolute Gasteiger partial charge is 0.265 e. The zero-order valence-corrected chi connectivity index (χ0v) is 13.3. The molecule has 0 saturated heterocycles. The van der Waals surface area contributed by atoms with E-state index in [1.54, 1.807) is 17.2 Å². The van der Waals surface area contributed by atoms with E-state index in [0.29, 0.717) is 11.4 Å². The van der Waals surface area contributed by atoms with Gasteiger partial charge in [-0.1, -0.05) is 31.7 Å². The molecule has 0 bridgehead atoms. The van der Waals surface area contributed by atoms with Crippen LogP contribution in [0.15, 0.2) is 12.4 Å². The molecule has 0 aliphatic carbocycles. The van der Waals surface area contributed by atoms with Crippen LogP contribution in [-0.4, -0.2) is 36.5 Å². The maximum absolute atomic E-state index is 12.4. The Morgan fingerprint density at radius 2 is 2.10 bits per heavy atom. The average molecular weight is 308 g/mol. The van der Waals surface area contributed by atoms with Crippen LogP contribution in [0.4, 0.5) is 0 Å². The van der Waals surface area contributed by atoms with Gasteiger partial charge in [-0.15, -0.1) is 5.10 Å². The van der Waals surface area contributed by atoms with Gasteiger partial charge in [-0.2, -0.15) is 15.0 Å². The van der Waals surface area contributed by atoms with Crippen LogP contribution < -0.4 is 5.32 Å². The first-order valence-electron chi connectivity index (χ1n) is 7.08. The first-order valence-corrected chi connectivity index (χ1v) is 7.85. The average Bonchev–Trinajstić information content (AvgIpc) is 3.09. The monoisotopic (exact) mass is 308 g/mol. The summed E-state index contributed by atoms with van der Waals surface area (Å²) in [6.07, 6.45) is 4.97. The lowest BCUT2D eigenvalue weighted by atomic mass is 10.0. The lowest BCUT2D eigenvalue weighted by Crippen LogP contribution is -2.42. The Hall–Kier alpha value is -1.83. The summed E-state index contributed by atoms with van der Waals surface area (Å²) in [5, 5.41) is 15.3. The van der Waals surface area contributed by atoms with E-state index in [4.69, 9.17) is 0 Å². The van der Waals surface area contributed by atoms with Crippen LogP contribution in [0, 0.1) is 5.92 Å². The van der Waals surface area contributed by atoms with Crippen LogP contribution in [0.3, 0.4) is 0 Å². The maximum atomic E-state index is 12.4. The number of aromatic nitrogens is 5. The number of nitrogens with zero attached hydrogens (tertiary/aromatic N) is 5. The Morgan fingerprint density at radius 3 is 2.71 bits per heavy atom. The molecule has 1 atom stereocenters. The van der Waals surface area contributed by atoms with Crippen LogP contribution in [0.5, 0.6) is 0 Å². The number of hydrogen-bond donors (Lipinski definition) is 1. The molecule has 2 rings (SSSR count). The molecule has 7 nitrogen and oxygen atoms in total. The van der Waals surface area contributed by atoms with E-state index in [1.807, 2.05) is 0 Å². The molecular formula is C13H20N6OS. The third kappa shape index (κ3) is 4.07. The highest BCUT2D eigenvalue weighted by molar-refractivity contribution is 7.08. The predicted octanol–water partition coefficient (Wildman–Crippen LogP) is 1.54. The molecule has 0 radical (unpaired) electrons. The number of rotatable bonds is 7. The predicted molar refractivity (Wildman–Crippen MR) is 80.0 cm³/mol. The van der Waals surface area contributed by atoms with Gasteiger partial charge in [0, 0.05) is 0 Å². The van der Waals surface area contributed by atoms with Crippen molar-refractivity contribution in [3.05, 3.63) is 23.0 Å². The molecule has 21 heavy (non-hydrogen) atoms. The van der Waals surface area contributed by atoms with Crippen molar-refractivity contribution in [1.29, 1.82) is 0 Å². The number of aryl methyl sites for hydroxylation is 1. The lowest BCUT2D eigenvalue weighted by molar-refractivity contribution is 0.0921. The molecule has 2 aromatic heterocycles. The Morgan fingerprint density at radius 1 is 1.38 bits per heavy atom. The Balaban J connectivity index is 2.05. The molecule has 0 spiro atoms. The van der Waals surface area contributed by atoms with E-state index < -0.39 is 0 Å². The van der Waals surface area contributed by atoms with E-state index >= 15 is 0 Å². The van der Waals surface area contributed by atoms with Crippen molar-refractivity contribution in [2.24, 2.45) is 5.92 Å². The summed E-state index contributed by atoms with van der Waals surface area (Å²) in [5.41, 5.74) is 0.778. The van der Waals surface area contributed by atoms with Gasteiger partial charge in [0.2, 0.25) is 0 Å². The van der Waals surface area contributed by atoms with Gasteiger partial charge in [0.15, 0.2) is 0 Å². The van der Waals surface area contributed by atoms with Crippen LogP contribution >= 0.6 is 11.5 Å². The minimum atomic E-state index is -0.112. The Bertz CT molecular complexity index is 565. The molecule has 114 valence electrons. The van der Waals surface area contributed by atoms with Crippen molar-refractivity contribution < 1.29 is 4.79 Å². The SMILES string of the molecule is CCCc1nnsc1C(=O)NC(Cn1nccn1)C(C)C. The van der Waals surface area contributed by atoms with Crippen molar-refractivity contribution in [3.8, 4) is 0 Å². The van der Waals surface area contributed by atoms with E-state index in [9.17, 15) is 4.79 Å². The van der Waals surface area contributed by atoms with Crippen LogP contribution in [0.1, 0.15) is 42.6 Å². The number of amides is 1. The molecular weight excluding hydrogens is 288 g/mol. The second kappa shape index (κ2) is 7.26. The fraction of sp³-hybridized carbons (Fsp3) is 0.615. The van der Waals surface area contributed by atoms with Gasteiger partial charge in [-0.3, -0.25) is 4.79 Å². The zero-order valence-electron chi connectivity index (χ0n) is 12.5. The highest BCUT2D eigenvalue weighted by Crippen LogP contribution is 2.14. The van der Waals surface area contributed by atoms with Gasteiger partial charge >= 0.3 is 0 Å². The molecule has 2 aromatic rings. The third-order valence-corrected chi connectivity index (χ3v) is 3.96. The molecule has 0 saturated carbocycles. The van der Waals surface area contributed by atoms with Gasteiger partial charge in [0.05, 0.1) is 30.7 Å². The van der Waals surface area contributed by atoms with E-state index in [0.717, 1.165) is 30.1 Å². The fourth-order valence-corrected chi connectivity index (χ4v) is 2.56. The third-order valence-electron chi connectivity index (χ3n) is 3.20. The van der Waals surface area contributed by atoms with Crippen LogP contribution in [-0.2, 0) is 13.0 Å². The summed E-state index contributed by atoms with van der Waals surface area (Å²) in [5.74, 6) is 0.162. The largest absolute Gasteiger partial charge is 0.346 e. The van der Waals surface area contributed by atoms with Gasteiger partial charge in [-0.25, -0.2) is 0 Å². The molecule has 0 fully saturated rings. The van der Waals surface area contributed by atoms with Crippen LogP contribution in [0.25, 0.3) is 0 Å². The molecule has 0 aliphatic heterocycles. The van der Waals surface area contributed by atoms with Gasteiger partial charge in [-0.05, 0) is 23.9 Å². The summed E-state index contributed by atoms with van der Waals surface area (Å²) in [6, 6.07) is -0.0403. The first-order chi connectivity index (χ1) is 10.1. The Labute approximate surface area is 127 Å². The van der Waals surface area contributed by atoms with E-state index in [-0.39, 0.29) is 17.9 Å². The maximum Gasteiger partial charge on any atom is 0.265 e.